The van der Waals surface area contributed by atoms with E-state index in [2.05, 4.69) is 57.5 Å². The molecule has 115 heavy (non-hydrogen) atoms. The Morgan fingerprint density at radius 1 is 0.609 bits per heavy atom. The molecule has 40 heteroatoms. The molecule has 3 heterocycles. The van der Waals surface area contributed by atoms with Gasteiger partial charge in [0.25, 0.3) is 0 Å². The molecule has 28 N–H and O–H groups in total. The highest BCUT2D eigenvalue weighted by Gasteiger charge is 2.54. The number of aromatic amines is 1. The predicted octanol–water partition coefficient (Wildman–Crippen LogP) is -1.93. The van der Waals surface area contributed by atoms with Crippen LogP contribution >= 0.6 is 23.5 Å². The second-order valence-corrected chi connectivity index (χ2v) is 30.0. The van der Waals surface area contributed by atoms with Gasteiger partial charge in [0.15, 0.2) is 34.9 Å². The van der Waals surface area contributed by atoms with Crippen molar-refractivity contribution < 1.29 is 86.3 Å². The number of fused-ring (bicyclic) bond motifs is 4. The molecule has 1 aromatic heterocycles. The molecule has 3 aliphatic rings. The Morgan fingerprint density at radius 3 is 1.62 bits per heavy atom. The number of hydrogen-bond donors (Lipinski definition) is 19. The van der Waals surface area contributed by atoms with Crippen LogP contribution in [0.2, 0.25) is 0 Å². The van der Waals surface area contributed by atoms with Gasteiger partial charge in [-0.2, -0.15) is 11.8 Å². The van der Waals surface area contributed by atoms with Gasteiger partial charge < -0.3 is 133 Å². The van der Waals surface area contributed by atoms with E-state index in [0.717, 1.165) is 22.7 Å². The molecule has 0 spiro atoms. The van der Waals surface area contributed by atoms with Gasteiger partial charge in [-0.3, -0.25) is 62.7 Å². The number of aliphatic imine (C=N–C) groups is 2. The minimum Gasteiger partial charge on any atom is -0.502 e. The molecule has 1 aliphatic carbocycles. The number of unbranched alkanes of at least 4 members (excludes halogenated alkanes) is 3. The topological polar surface area (TPSA) is 634 Å². The number of esters is 2. The lowest BCUT2D eigenvalue weighted by Gasteiger charge is -2.38. The summed E-state index contributed by atoms with van der Waals surface area (Å²) in [6.07, 6.45) is 5.11. The SMILES string of the molecule is COc1cc([C@@H]2c3cc4c(cc3[C@@H](OC(=O)CSC[C@H](N)C(=O)NCCC(=O)N[C@@H](CCCN=C(N)N)C(=O)N[C@@H](CCCN=C(N)N)C(=O)N[C@@H](CCSC)C(=O)N[C@@H](CCCCN)C(=O)N[C@@H](Cc3c[nH]c5ccccc35)C(=O)N[C@@H](CCCCN)C(=O)N[C@@H](CCCCN)C(N)=O)C3COC(=O)[C@@H]32)OCO4)cc(OC)c1O. The number of primary amides is 1. The Kier molecular flexibility index (Phi) is 37.2. The number of rotatable bonds is 51. The van der Waals surface area contributed by atoms with Crippen LogP contribution in [0.15, 0.2) is 64.7 Å². The summed E-state index contributed by atoms with van der Waals surface area (Å²) in [5, 5.41) is 33.4. The third kappa shape index (κ3) is 27.3. The summed E-state index contributed by atoms with van der Waals surface area (Å²) in [6, 6.07) is 3.62. The number of ether oxygens (including phenoxy) is 6. The molecular weight excluding hydrogens is 1530 g/mol. The van der Waals surface area contributed by atoms with Gasteiger partial charge in [0, 0.05) is 72.7 Å². The number of nitrogens with zero attached hydrogens (tertiary/aromatic N) is 2. The van der Waals surface area contributed by atoms with Gasteiger partial charge in [-0.1, -0.05) is 18.2 Å². The van der Waals surface area contributed by atoms with Crippen LogP contribution in [-0.4, -0.2) is 226 Å². The Labute approximate surface area is 674 Å². The first-order chi connectivity index (χ1) is 55.2. The van der Waals surface area contributed by atoms with E-state index in [9.17, 15) is 57.8 Å². The maximum absolute atomic E-state index is 14.9. The summed E-state index contributed by atoms with van der Waals surface area (Å²) < 4.78 is 34.1. The molecule has 7 rings (SSSR count). The number of cyclic esters (lactones) is 1. The van der Waals surface area contributed by atoms with Crippen LogP contribution in [0.4, 0.5) is 0 Å². The predicted molar refractivity (Wildman–Crippen MR) is 432 cm³/mol. The monoisotopic (exact) mass is 1640 g/mol. The minimum absolute atomic E-state index is 0.00845. The molecule has 2 aliphatic heterocycles. The molecule has 12 atom stereocenters. The summed E-state index contributed by atoms with van der Waals surface area (Å²) in [6.45, 7) is 0.487. The number of aromatic hydroxyl groups is 1. The van der Waals surface area contributed by atoms with Crippen molar-refractivity contribution in [1.82, 2.24) is 47.5 Å². The average molecular weight is 1650 g/mol. The zero-order chi connectivity index (χ0) is 83.7. The molecule has 1 fully saturated rings. The molecular formula is C75H112N20O18S2. The maximum atomic E-state index is 14.9. The van der Waals surface area contributed by atoms with E-state index in [4.69, 9.17) is 80.0 Å². The van der Waals surface area contributed by atoms with Gasteiger partial charge in [-0.05, 0) is 169 Å². The normalized spacial score (nSPS) is 17.2. The van der Waals surface area contributed by atoms with E-state index in [1.807, 2.05) is 24.3 Å². The van der Waals surface area contributed by atoms with E-state index in [1.54, 1.807) is 36.7 Å². The number of methoxy groups -OCH3 is 2. The number of carbonyl (C=O) groups excluding carboxylic acids is 11. The number of nitrogens with two attached hydrogens (primary N) is 9. The summed E-state index contributed by atoms with van der Waals surface area (Å²) in [5.41, 5.74) is 54.9. The third-order valence-electron chi connectivity index (χ3n) is 19.7. The minimum atomic E-state index is -1.41. The summed E-state index contributed by atoms with van der Waals surface area (Å²) in [5.74, 6) is -10.2. The second-order valence-electron chi connectivity index (χ2n) is 28.0. The van der Waals surface area contributed by atoms with Gasteiger partial charge in [0.1, 0.15) is 48.4 Å². The van der Waals surface area contributed by atoms with Crippen LogP contribution in [0.5, 0.6) is 28.7 Å². The highest BCUT2D eigenvalue weighted by atomic mass is 32.2. The number of H-pyrrole nitrogens is 1. The van der Waals surface area contributed by atoms with E-state index in [-0.39, 0.29) is 151 Å². The molecule has 3 aromatic carbocycles. The fourth-order valence-electron chi connectivity index (χ4n) is 13.7. The number of phenols is 1. The number of guanidine groups is 2. The molecule has 38 nitrogen and oxygen atoms in total. The molecule has 1 unspecified atom stereocenters. The summed E-state index contributed by atoms with van der Waals surface area (Å²) in [7, 11) is 2.76. The van der Waals surface area contributed by atoms with Gasteiger partial charge in [-0.25, -0.2) is 0 Å². The van der Waals surface area contributed by atoms with Crippen LogP contribution < -0.4 is 113 Å². The zero-order valence-corrected chi connectivity index (χ0v) is 66.6. The van der Waals surface area contributed by atoms with Crippen molar-refractivity contribution in [2.45, 2.75) is 163 Å². The van der Waals surface area contributed by atoms with E-state index in [1.165, 1.54) is 26.0 Å². The average Bonchev–Trinajstić information content (AvgIpc) is 1.66. The van der Waals surface area contributed by atoms with Crippen LogP contribution in [-0.2, 0) is 68.6 Å². The molecule has 1 saturated heterocycles. The number of nitrogens with one attached hydrogen (secondary N) is 9. The number of phenolic OH excluding ortho intramolecular Hbond substituents is 1. The molecule has 0 bridgehead atoms. The Balaban J connectivity index is 1.01. The number of amides is 9. The first-order valence-corrected chi connectivity index (χ1v) is 40.8. The molecule has 4 aromatic rings. The van der Waals surface area contributed by atoms with E-state index in [0.29, 0.717) is 84.6 Å². The number of aromatic nitrogens is 1. The van der Waals surface area contributed by atoms with Crippen molar-refractivity contribution in [3.63, 3.8) is 0 Å². The van der Waals surface area contributed by atoms with Crippen LogP contribution in [0.3, 0.4) is 0 Å². The third-order valence-corrected chi connectivity index (χ3v) is 21.3. The Hall–Kier alpha value is -10.5. The number of para-hydroxylation sites is 1. The lowest BCUT2D eigenvalue weighted by Crippen LogP contribution is -2.60. The van der Waals surface area contributed by atoms with Gasteiger partial charge in [0.05, 0.1) is 38.5 Å². The first-order valence-electron chi connectivity index (χ1n) is 38.3. The van der Waals surface area contributed by atoms with Crippen molar-refractivity contribution in [3.05, 3.63) is 77.0 Å². The van der Waals surface area contributed by atoms with Crippen LogP contribution in [0.25, 0.3) is 10.9 Å². The van der Waals surface area contributed by atoms with Gasteiger partial charge in [-0.15, -0.1) is 11.8 Å². The zero-order valence-electron chi connectivity index (χ0n) is 65.0. The lowest BCUT2D eigenvalue weighted by atomic mass is 9.66. The quantitative estimate of drug-likeness (QED) is 0.00991. The Morgan fingerprint density at radius 2 is 1.10 bits per heavy atom. The van der Waals surface area contributed by atoms with Crippen molar-refractivity contribution in [2.75, 3.05) is 90.4 Å². The standard InChI is InChI=1S/C75H112N20O18S2/c1-108-57-31-40(32-58(109-2)63(57)98)61-43-33-55-56(112-39-111-55)34-44(43)64(45-36-110-73(107)62(45)61)113-60(97)38-115-37-46(79)66(100)85-28-21-59(96)89-49(19-12-26-86-74(81)82)67(101)92-52(20-13-27-87-75(83)84)69(103)94-53(22-29-114-3)71(105)91-51(18-8-11-25-78)70(104)95-54(30-41-35-88-47-15-5-4-14-42(41)47)72(106)93-50(17-7-10-24-77)68(102)90-48(65(80)99)16-6-9-23-76/h4-5,14-15,31-35,45-46,48-54,61-62,64,88,98H,6-13,16-30,36-39,76-79H2,1-3H3,(H2,80,99)(H,85,100)(H,89,96)(H,90,102)(H,91,105)(H,92,101)(H,93,106)(H,94,103)(H,95,104)(H4,81,82,86)(H4,83,84,87)/t45?,46-,48-,49-,50-,51-,52-,53-,54-,61+,62-,64+/m0/s1. The highest BCUT2D eigenvalue weighted by Crippen LogP contribution is 2.56. The fraction of sp³-hybridized carbons (Fsp3) is 0.560. The highest BCUT2D eigenvalue weighted by molar-refractivity contribution is 8.00. The number of thioether (sulfide) groups is 2. The summed E-state index contributed by atoms with van der Waals surface area (Å²) >= 11 is 2.35. The van der Waals surface area contributed by atoms with Crippen LogP contribution in [0.1, 0.15) is 131 Å². The van der Waals surface area contributed by atoms with Crippen molar-refractivity contribution >= 4 is 111 Å². The Bertz CT molecular complexity index is 4030. The van der Waals surface area contributed by atoms with Crippen molar-refractivity contribution in [2.24, 2.45) is 73.4 Å². The number of carbonyl (C=O) groups is 11. The van der Waals surface area contributed by atoms with Gasteiger partial charge in [0.2, 0.25) is 65.7 Å². The molecule has 0 saturated carbocycles. The fourth-order valence-corrected chi connectivity index (χ4v) is 14.9. The second kappa shape index (κ2) is 46.7. The van der Waals surface area contributed by atoms with Gasteiger partial charge >= 0.3 is 11.9 Å². The largest absolute Gasteiger partial charge is 0.502 e. The maximum Gasteiger partial charge on any atom is 0.316 e. The van der Waals surface area contributed by atoms with Crippen molar-refractivity contribution in [1.29, 1.82) is 0 Å². The van der Waals surface area contributed by atoms with E-state index < -0.39 is 137 Å². The van der Waals surface area contributed by atoms with Crippen molar-refractivity contribution in [3.8, 4) is 28.7 Å². The first kappa shape index (κ1) is 91.6. The lowest BCUT2D eigenvalue weighted by molar-refractivity contribution is -0.151. The number of benzene rings is 3. The molecule has 632 valence electrons. The van der Waals surface area contributed by atoms with Crippen LogP contribution in [0, 0.1) is 11.8 Å². The number of hydrogen-bond acceptors (Lipinski definition) is 26. The molecule has 9 amide bonds. The van der Waals surface area contributed by atoms with E-state index >= 15 is 0 Å². The molecule has 0 radical (unpaired) electrons. The summed E-state index contributed by atoms with van der Waals surface area (Å²) in [4.78, 5) is 166. The smallest absolute Gasteiger partial charge is 0.316 e.